The molecule has 1 aromatic rings. The minimum atomic E-state index is 0.304. The lowest BCUT2D eigenvalue weighted by atomic mass is 9.96. The molecule has 17 heavy (non-hydrogen) atoms. The quantitative estimate of drug-likeness (QED) is 0.673. The summed E-state index contributed by atoms with van der Waals surface area (Å²) in [5.41, 5.74) is 2.37. The summed E-state index contributed by atoms with van der Waals surface area (Å²) in [4.78, 5) is 0. The second kappa shape index (κ2) is 7.03. The van der Waals surface area contributed by atoms with E-state index in [-0.39, 0.29) is 0 Å². The molecule has 0 amide bonds. The Labute approximate surface area is 110 Å². The lowest BCUT2D eigenvalue weighted by molar-refractivity contribution is -0.0189. The normalized spacial score (nSPS) is 11.8. The summed E-state index contributed by atoms with van der Waals surface area (Å²) in [5.74, 6) is 1.63. The van der Waals surface area contributed by atoms with Crippen LogP contribution >= 0.6 is 11.6 Å². The highest BCUT2D eigenvalue weighted by Crippen LogP contribution is 2.20. The van der Waals surface area contributed by atoms with Crippen LogP contribution in [0.15, 0.2) is 24.3 Å². The van der Waals surface area contributed by atoms with Crippen LogP contribution in [0.25, 0.3) is 0 Å². The molecule has 0 aliphatic carbocycles. The van der Waals surface area contributed by atoms with Gasteiger partial charge in [0.1, 0.15) is 0 Å². The average Bonchev–Trinajstić information content (AvgIpc) is 2.29. The third-order valence-electron chi connectivity index (χ3n) is 3.01. The number of alkyl halides is 1. The van der Waals surface area contributed by atoms with Crippen molar-refractivity contribution in [2.45, 2.75) is 46.3 Å². The van der Waals surface area contributed by atoms with Gasteiger partial charge in [0.25, 0.3) is 0 Å². The predicted octanol–water partition coefficient (Wildman–Crippen LogP) is 4.62. The van der Waals surface area contributed by atoms with E-state index in [1.807, 2.05) is 12.1 Å². The molecule has 96 valence electrons. The van der Waals surface area contributed by atoms with E-state index in [4.69, 9.17) is 16.3 Å². The second-order valence-electron chi connectivity index (χ2n) is 5.17. The van der Waals surface area contributed by atoms with Crippen molar-refractivity contribution < 1.29 is 4.74 Å². The van der Waals surface area contributed by atoms with Gasteiger partial charge < -0.3 is 4.74 Å². The predicted molar refractivity (Wildman–Crippen MR) is 74.3 cm³/mol. The standard InChI is InChI=1S/C15H23ClO/c1-11(2)15(12(3)4)17-10-14-8-6-5-7-13(14)9-16/h5-8,11-12,15H,9-10H2,1-4H3. The van der Waals surface area contributed by atoms with Crippen LogP contribution in [0.1, 0.15) is 38.8 Å². The highest BCUT2D eigenvalue weighted by molar-refractivity contribution is 6.17. The molecule has 0 aliphatic heterocycles. The molecule has 0 radical (unpaired) electrons. The van der Waals surface area contributed by atoms with Crippen LogP contribution in [0, 0.1) is 11.8 Å². The fourth-order valence-electron chi connectivity index (χ4n) is 2.17. The van der Waals surface area contributed by atoms with Crippen LogP contribution in [0.3, 0.4) is 0 Å². The van der Waals surface area contributed by atoms with E-state index in [2.05, 4.69) is 39.8 Å². The van der Waals surface area contributed by atoms with Crippen LogP contribution in [-0.4, -0.2) is 6.10 Å². The molecule has 1 aromatic carbocycles. The number of hydrogen-bond acceptors (Lipinski definition) is 1. The van der Waals surface area contributed by atoms with Crippen LogP contribution < -0.4 is 0 Å². The summed E-state index contributed by atoms with van der Waals surface area (Å²) in [7, 11) is 0. The van der Waals surface area contributed by atoms with Gasteiger partial charge in [-0.2, -0.15) is 0 Å². The number of halogens is 1. The van der Waals surface area contributed by atoms with Crippen molar-refractivity contribution in [1.82, 2.24) is 0 Å². The van der Waals surface area contributed by atoms with Crippen LogP contribution in [-0.2, 0) is 17.2 Å². The van der Waals surface area contributed by atoms with Gasteiger partial charge in [0.05, 0.1) is 12.7 Å². The highest BCUT2D eigenvalue weighted by Gasteiger charge is 2.18. The fourth-order valence-corrected chi connectivity index (χ4v) is 2.43. The maximum absolute atomic E-state index is 6.03. The van der Waals surface area contributed by atoms with Gasteiger partial charge in [-0.3, -0.25) is 0 Å². The first-order valence-electron chi connectivity index (χ1n) is 6.30. The minimum absolute atomic E-state index is 0.304. The summed E-state index contributed by atoms with van der Waals surface area (Å²) >= 11 is 5.92. The van der Waals surface area contributed by atoms with Crippen molar-refractivity contribution in [2.75, 3.05) is 0 Å². The zero-order chi connectivity index (χ0) is 12.8. The molecule has 0 aromatic heterocycles. The van der Waals surface area contributed by atoms with Crippen LogP contribution in [0.2, 0.25) is 0 Å². The van der Waals surface area contributed by atoms with E-state index in [1.54, 1.807) is 0 Å². The van der Waals surface area contributed by atoms with E-state index in [9.17, 15) is 0 Å². The Morgan fingerprint density at radius 3 is 2.00 bits per heavy atom. The second-order valence-corrected chi connectivity index (χ2v) is 5.43. The molecule has 0 aliphatic rings. The van der Waals surface area contributed by atoms with Crippen molar-refractivity contribution in [2.24, 2.45) is 11.8 Å². The maximum atomic E-state index is 6.03. The molecule has 1 rings (SSSR count). The molecule has 2 heteroatoms. The Morgan fingerprint density at radius 1 is 1.00 bits per heavy atom. The molecule has 0 heterocycles. The van der Waals surface area contributed by atoms with Crippen LogP contribution in [0.4, 0.5) is 0 Å². The largest absolute Gasteiger partial charge is 0.373 e. The van der Waals surface area contributed by atoms with Crippen molar-refractivity contribution in [3.8, 4) is 0 Å². The lowest BCUT2D eigenvalue weighted by Gasteiger charge is -2.25. The third kappa shape index (κ3) is 4.33. The van der Waals surface area contributed by atoms with Gasteiger partial charge in [-0.25, -0.2) is 0 Å². The monoisotopic (exact) mass is 254 g/mol. The Kier molecular flexibility index (Phi) is 6.01. The summed E-state index contributed by atoms with van der Waals surface area (Å²) in [6.07, 6.45) is 0.304. The van der Waals surface area contributed by atoms with Crippen LogP contribution in [0.5, 0.6) is 0 Å². The molecule has 0 unspecified atom stereocenters. The van der Waals surface area contributed by atoms with Gasteiger partial charge in [0.15, 0.2) is 0 Å². The average molecular weight is 255 g/mol. The van der Waals surface area contributed by atoms with Crippen molar-refractivity contribution in [3.63, 3.8) is 0 Å². The van der Waals surface area contributed by atoms with E-state index in [0.717, 1.165) is 0 Å². The van der Waals surface area contributed by atoms with E-state index in [1.165, 1.54) is 11.1 Å². The third-order valence-corrected chi connectivity index (χ3v) is 3.30. The smallest absolute Gasteiger partial charge is 0.0724 e. The molecule has 0 atom stereocenters. The van der Waals surface area contributed by atoms with Gasteiger partial charge in [0, 0.05) is 5.88 Å². The first-order chi connectivity index (χ1) is 8.06. The van der Waals surface area contributed by atoms with Crippen molar-refractivity contribution >= 4 is 11.6 Å². The summed E-state index contributed by atoms with van der Waals surface area (Å²) in [5, 5.41) is 0. The molecule has 1 nitrogen and oxygen atoms in total. The number of ether oxygens (including phenoxy) is 1. The molecule has 0 saturated heterocycles. The van der Waals surface area contributed by atoms with E-state index >= 15 is 0 Å². The molecule has 0 fully saturated rings. The zero-order valence-electron chi connectivity index (χ0n) is 11.2. The van der Waals surface area contributed by atoms with Gasteiger partial charge in [-0.05, 0) is 23.0 Å². The molecule has 0 saturated carbocycles. The first kappa shape index (κ1) is 14.5. The number of hydrogen-bond donors (Lipinski definition) is 0. The van der Waals surface area contributed by atoms with E-state index in [0.29, 0.717) is 30.4 Å². The Hall–Kier alpha value is -0.530. The lowest BCUT2D eigenvalue weighted by Crippen LogP contribution is -2.25. The Balaban J connectivity index is 2.65. The molecule has 0 N–H and O–H groups in total. The van der Waals surface area contributed by atoms with Gasteiger partial charge >= 0.3 is 0 Å². The molecular weight excluding hydrogens is 232 g/mol. The highest BCUT2D eigenvalue weighted by atomic mass is 35.5. The SMILES string of the molecule is CC(C)C(OCc1ccccc1CCl)C(C)C. The Bertz CT molecular complexity index is 325. The summed E-state index contributed by atoms with van der Waals surface area (Å²) < 4.78 is 6.03. The van der Waals surface area contributed by atoms with Gasteiger partial charge in [-0.15, -0.1) is 11.6 Å². The minimum Gasteiger partial charge on any atom is -0.373 e. The first-order valence-corrected chi connectivity index (χ1v) is 6.84. The molecule has 0 bridgehead atoms. The topological polar surface area (TPSA) is 9.23 Å². The van der Waals surface area contributed by atoms with Gasteiger partial charge in [-0.1, -0.05) is 52.0 Å². The maximum Gasteiger partial charge on any atom is 0.0724 e. The van der Waals surface area contributed by atoms with Gasteiger partial charge in [0.2, 0.25) is 0 Å². The van der Waals surface area contributed by atoms with Crippen molar-refractivity contribution in [1.29, 1.82) is 0 Å². The van der Waals surface area contributed by atoms with E-state index < -0.39 is 0 Å². The Morgan fingerprint density at radius 2 is 1.53 bits per heavy atom. The molecular formula is C15H23ClO. The zero-order valence-corrected chi connectivity index (χ0v) is 12.0. The summed E-state index contributed by atoms with van der Waals surface area (Å²) in [6.45, 7) is 9.48. The number of benzene rings is 1. The summed E-state index contributed by atoms with van der Waals surface area (Å²) in [6, 6.07) is 8.21. The fraction of sp³-hybridized carbons (Fsp3) is 0.600. The molecule has 0 spiro atoms. The number of rotatable bonds is 6. The van der Waals surface area contributed by atoms with Crippen molar-refractivity contribution in [3.05, 3.63) is 35.4 Å².